The van der Waals surface area contributed by atoms with Gasteiger partial charge in [-0.3, -0.25) is 0 Å². The van der Waals surface area contributed by atoms with E-state index >= 15 is 0 Å². The number of aliphatic hydroxyl groups is 1. The molecule has 4 heteroatoms. The second-order valence-corrected chi connectivity index (χ2v) is 4.35. The fraction of sp³-hybridized carbons (Fsp3) is 0.400. The normalized spacial score (nSPS) is 15.3. The van der Waals surface area contributed by atoms with Crippen molar-refractivity contribution in [3.05, 3.63) is 33.5 Å². The molecule has 0 fully saturated rings. The van der Waals surface area contributed by atoms with E-state index in [0.29, 0.717) is 5.56 Å². The minimum Gasteiger partial charge on any atom is -0.387 e. The molecule has 0 radical (unpaired) electrons. The average molecular weight is 262 g/mol. The van der Waals surface area contributed by atoms with Gasteiger partial charge in [0, 0.05) is 16.1 Å². The first-order chi connectivity index (χ1) is 6.43. The van der Waals surface area contributed by atoms with Crippen LogP contribution in [0.4, 0.5) is 4.39 Å². The second kappa shape index (κ2) is 4.38. The van der Waals surface area contributed by atoms with Crippen LogP contribution >= 0.6 is 15.9 Å². The van der Waals surface area contributed by atoms with Crippen LogP contribution in [0.3, 0.4) is 0 Å². The molecule has 2 nitrogen and oxygen atoms in total. The summed E-state index contributed by atoms with van der Waals surface area (Å²) in [5, 5.41) is 9.64. The van der Waals surface area contributed by atoms with E-state index in [4.69, 9.17) is 5.73 Å². The monoisotopic (exact) mass is 261 g/mol. The maximum absolute atomic E-state index is 13.6. The number of nitrogens with two attached hydrogens (primary N) is 1. The summed E-state index contributed by atoms with van der Waals surface area (Å²) >= 11 is 3.25. The van der Waals surface area contributed by atoms with Gasteiger partial charge in [-0.15, -0.1) is 0 Å². The van der Waals surface area contributed by atoms with Crippen molar-refractivity contribution in [3.63, 3.8) is 0 Å². The summed E-state index contributed by atoms with van der Waals surface area (Å²) in [6.07, 6.45) is -0.966. The molecule has 0 aliphatic rings. The highest BCUT2D eigenvalue weighted by atomic mass is 79.9. The highest BCUT2D eigenvalue weighted by Gasteiger charge is 2.18. The van der Waals surface area contributed by atoms with Gasteiger partial charge in [0.15, 0.2) is 0 Å². The third-order valence-electron chi connectivity index (χ3n) is 2.06. The molecule has 0 aliphatic heterocycles. The molecule has 0 heterocycles. The number of rotatable bonds is 2. The molecule has 78 valence electrons. The summed E-state index contributed by atoms with van der Waals surface area (Å²) < 4.78 is 14.3. The fourth-order valence-electron chi connectivity index (χ4n) is 1.25. The lowest BCUT2D eigenvalue weighted by atomic mass is 10.0. The van der Waals surface area contributed by atoms with Gasteiger partial charge in [0.2, 0.25) is 0 Å². The molecule has 0 aromatic heterocycles. The molecular weight excluding hydrogens is 249 g/mol. The second-order valence-electron chi connectivity index (χ2n) is 3.43. The lowest BCUT2D eigenvalue weighted by molar-refractivity contribution is 0.148. The highest BCUT2D eigenvalue weighted by molar-refractivity contribution is 9.10. The van der Waals surface area contributed by atoms with Gasteiger partial charge in [-0.05, 0) is 31.5 Å². The first kappa shape index (κ1) is 11.6. The molecule has 0 saturated carbocycles. The topological polar surface area (TPSA) is 46.2 Å². The maximum atomic E-state index is 13.6. The van der Waals surface area contributed by atoms with E-state index in [9.17, 15) is 9.50 Å². The predicted molar refractivity (Wildman–Crippen MR) is 57.4 cm³/mol. The van der Waals surface area contributed by atoms with Crippen molar-refractivity contribution in [2.75, 3.05) is 0 Å². The molecule has 0 bridgehead atoms. The number of hydrogen-bond donors (Lipinski definition) is 2. The first-order valence-electron chi connectivity index (χ1n) is 4.32. The van der Waals surface area contributed by atoms with E-state index < -0.39 is 18.0 Å². The van der Waals surface area contributed by atoms with Gasteiger partial charge in [0.25, 0.3) is 0 Å². The highest BCUT2D eigenvalue weighted by Crippen LogP contribution is 2.25. The smallest absolute Gasteiger partial charge is 0.132 e. The van der Waals surface area contributed by atoms with Gasteiger partial charge in [-0.25, -0.2) is 4.39 Å². The molecule has 0 aliphatic carbocycles. The summed E-state index contributed by atoms with van der Waals surface area (Å²) in [5.74, 6) is -0.391. The molecule has 14 heavy (non-hydrogen) atoms. The number of aliphatic hydroxyl groups excluding tert-OH is 1. The van der Waals surface area contributed by atoms with E-state index in [1.807, 2.05) is 0 Å². The molecular formula is C10H13BrFNO. The average Bonchev–Trinajstić information content (AvgIpc) is 2.09. The Bertz CT molecular complexity index is 341. The zero-order valence-corrected chi connectivity index (χ0v) is 9.68. The van der Waals surface area contributed by atoms with Crippen LogP contribution in [0, 0.1) is 12.7 Å². The zero-order chi connectivity index (χ0) is 10.9. The van der Waals surface area contributed by atoms with Gasteiger partial charge >= 0.3 is 0 Å². The standard InChI is InChI=1S/C10H13BrFNO/c1-5-3-7(11)4-8(9(5)12)10(14)6(2)13/h3-4,6,10,14H,13H2,1-2H3. The van der Waals surface area contributed by atoms with E-state index in [-0.39, 0.29) is 5.56 Å². The molecule has 1 rings (SSSR count). The Balaban J connectivity index is 3.20. The Morgan fingerprint density at radius 2 is 2.07 bits per heavy atom. The van der Waals surface area contributed by atoms with Gasteiger partial charge in [-0.2, -0.15) is 0 Å². The third-order valence-corrected chi connectivity index (χ3v) is 2.52. The van der Waals surface area contributed by atoms with Crippen LogP contribution in [0.5, 0.6) is 0 Å². The Morgan fingerprint density at radius 3 is 2.57 bits per heavy atom. The summed E-state index contributed by atoms with van der Waals surface area (Å²) in [7, 11) is 0. The maximum Gasteiger partial charge on any atom is 0.132 e. The molecule has 1 aromatic carbocycles. The molecule has 3 N–H and O–H groups in total. The van der Waals surface area contributed by atoms with Crippen LogP contribution in [0.2, 0.25) is 0 Å². The van der Waals surface area contributed by atoms with Crippen molar-refractivity contribution in [3.8, 4) is 0 Å². The first-order valence-corrected chi connectivity index (χ1v) is 5.12. The van der Waals surface area contributed by atoms with Crippen LogP contribution in [-0.4, -0.2) is 11.1 Å². The molecule has 2 atom stereocenters. The molecule has 0 spiro atoms. The van der Waals surface area contributed by atoms with Crippen LogP contribution in [0.15, 0.2) is 16.6 Å². The van der Waals surface area contributed by atoms with E-state index in [1.165, 1.54) is 0 Å². The van der Waals surface area contributed by atoms with Gasteiger partial charge in [0.05, 0.1) is 6.10 Å². The van der Waals surface area contributed by atoms with Crippen molar-refractivity contribution >= 4 is 15.9 Å². The Labute approximate surface area is 91.1 Å². The number of hydrogen-bond acceptors (Lipinski definition) is 2. The van der Waals surface area contributed by atoms with Crippen LogP contribution < -0.4 is 5.73 Å². The summed E-state index contributed by atoms with van der Waals surface area (Å²) in [6, 6.07) is 2.72. The van der Waals surface area contributed by atoms with Crippen LogP contribution in [0.1, 0.15) is 24.2 Å². The van der Waals surface area contributed by atoms with E-state index in [1.54, 1.807) is 26.0 Å². The van der Waals surface area contributed by atoms with E-state index in [2.05, 4.69) is 15.9 Å². The van der Waals surface area contributed by atoms with Crippen molar-refractivity contribution in [1.82, 2.24) is 0 Å². The molecule has 0 amide bonds. The lowest BCUT2D eigenvalue weighted by Gasteiger charge is -2.16. The minimum absolute atomic E-state index is 0.242. The summed E-state index contributed by atoms with van der Waals surface area (Å²) in [4.78, 5) is 0. The molecule has 2 unspecified atom stereocenters. The van der Waals surface area contributed by atoms with Gasteiger partial charge in [-0.1, -0.05) is 15.9 Å². The number of aryl methyl sites for hydroxylation is 1. The van der Waals surface area contributed by atoms with Crippen molar-refractivity contribution in [2.45, 2.75) is 26.0 Å². The minimum atomic E-state index is -0.966. The Hall–Kier alpha value is -0.450. The molecule has 0 saturated heterocycles. The van der Waals surface area contributed by atoms with Crippen molar-refractivity contribution in [1.29, 1.82) is 0 Å². The quantitative estimate of drug-likeness (QED) is 0.858. The Morgan fingerprint density at radius 1 is 1.50 bits per heavy atom. The lowest BCUT2D eigenvalue weighted by Crippen LogP contribution is -2.25. The SMILES string of the molecule is Cc1cc(Br)cc(C(O)C(C)N)c1F. The van der Waals surface area contributed by atoms with Gasteiger partial charge < -0.3 is 10.8 Å². The number of halogens is 2. The number of benzene rings is 1. The van der Waals surface area contributed by atoms with Gasteiger partial charge in [0.1, 0.15) is 5.82 Å². The summed E-state index contributed by atoms with van der Waals surface area (Å²) in [5.41, 5.74) is 6.24. The molecule has 1 aromatic rings. The van der Waals surface area contributed by atoms with E-state index in [0.717, 1.165) is 4.47 Å². The predicted octanol–water partition coefficient (Wildman–Crippen LogP) is 2.28. The fourth-order valence-corrected chi connectivity index (χ4v) is 1.84. The van der Waals surface area contributed by atoms with Crippen LogP contribution in [0.25, 0.3) is 0 Å². The zero-order valence-electron chi connectivity index (χ0n) is 8.09. The van der Waals surface area contributed by atoms with Crippen molar-refractivity contribution in [2.24, 2.45) is 5.73 Å². The third kappa shape index (κ3) is 2.32. The largest absolute Gasteiger partial charge is 0.387 e. The summed E-state index contributed by atoms with van der Waals surface area (Å²) in [6.45, 7) is 3.29. The van der Waals surface area contributed by atoms with Crippen molar-refractivity contribution < 1.29 is 9.50 Å². The van der Waals surface area contributed by atoms with Crippen LogP contribution in [-0.2, 0) is 0 Å². The Kier molecular flexibility index (Phi) is 3.64.